The molecule has 12 nitrogen and oxygen atoms in total. The monoisotopic (exact) mass is 679 g/mol. The minimum atomic E-state index is -3.47. The zero-order valence-corrected chi connectivity index (χ0v) is 28.6. The van der Waals surface area contributed by atoms with E-state index in [9.17, 15) is 8.42 Å². The molecule has 4 aromatic rings. The van der Waals surface area contributed by atoms with E-state index < -0.39 is 10.0 Å². The van der Waals surface area contributed by atoms with Crippen LogP contribution in [-0.4, -0.2) is 106 Å². The van der Waals surface area contributed by atoms with Crippen LogP contribution >= 0.6 is 0 Å². The van der Waals surface area contributed by atoms with Crippen LogP contribution in [-0.2, 0) is 21.3 Å². The SMILES string of the molecule is CN1CCN(Cc2ccc(C#Cc3cnc(Nc4ccnc(-c5cnn(S(=O)(=O)C6CC6)c5)n4)cc3N3CCC4(CCO4)CC3)cc2)CC1. The molecular formula is C36H41N9O3S. The Morgan fingerprint density at radius 2 is 1.71 bits per heavy atom. The standard InChI is InChI=1S/C36H41N9O3S/c1-42-17-19-43(20-18-42)25-28-4-2-27(3-5-28)6-7-29-23-38-34(22-32(29)44-15-11-36(12-16-44)13-21-48-36)40-33-10-14-37-35(41-33)30-24-39-45(26-30)49(46,47)31-8-9-31/h2-5,10,14,22-24,26,31H,8-9,11-13,15-21,25H2,1H3,(H,37,38,40,41). The number of nitrogens with one attached hydrogen (secondary N) is 1. The highest BCUT2D eigenvalue weighted by atomic mass is 32.2. The van der Waals surface area contributed by atoms with Crippen LogP contribution in [0.2, 0.25) is 0 Å². The molecule has 1 spiro atoms. The number of hydrogen-bond acceptors (Lipinski definition) is 11. The minimum absolute atomic E-state index is 0.0332. The highest BCUT2D eigenvalue weighted by molar-refractivity contribution is 7.90. The van der Waals surface area contributed by atoms with Crippen molar-refractivity contribution in [1.82, 2.24) is 33.9 Å². The first-order chi connectivity index (χ1) is 23.8. The van der Waals surface area contributed by atoms with E-state index in [1.165, 1.54) is 18.0 Å². The molecule has 13 heteroatoms. The van der Waals surface area contributed by atoms with Gasteiger partial charge in [0.15, 0.2) is 5.82 Å². The number of pyridine rings is 1. The Labute approximate surface area is 287 Å². The molecule has 3 aliphatic heterocycles. The van der Waals surface area contributed by atoms with E-state index in [0.29, 0.717) is 35.9 Å². The molecule has 3 saturated heterocycles. The topological polar surface area (TPSA) is 122 Å². The van der Waals surface area contributed by atoms with Gasteiger partial charge in [0.05, 0.1) is 46.7 Å². The van der Waals surface area contributed by atoms with Crippen LogP contribution in [0.25, 0.3) is 11.4 Å². The van der Waals surface area contributed by atoms with Crippen LogP contribution in [0.1, 0.15) is 48.8 Å². The highest BCUT2D eigenvalue weighted by Gasteiger charge is 2.41. The third-order valence-electron chi connectivity index (χ3n) is 10.1. The van der Waals surface area contributed by atoms with Crippen molar-refractivity contribution in [3.63, 3.8) is 0 Å². The number of nitrogens with zero attached hydrogens (tertiary/aromatic N) is 8. The lowest BCUT2D eigenvalue weighted by Crippen LogP contribution is -2.52. The van der Waals surface area contributed by atoms with E-state index in [-0.39, 0.29) is 10.9 Å². The van der Waals surface area contributed by atoms with Crippen molar-refractivity contribution in [2.75, 3.05) is 63.1 Å². The van der Waals surface area contributed by atoms with Crippen molar-refractivity contribution in [2.45, 2.75) is 49.5 Å². The van der Waals surface area contributed by atoms with Gasteiger partial charge in [-0.3, -0.25) is 4.90 Å². The Morgan fingerprint density at radius 1 is 0.939 bits per heavy atom. The molecule has 0 atom stereocenters. The molecule has 3 aromatic heterocycles. The number of anilines is 3. The van der Waals surface area contributed by atoms with Crippen molar-refractivity contribution in [1.29, 1.82) is 0 Å². The summed E-state index contributed by atoms with van der Waals surface area (Å²) in [6, 6.07) is 12.4. The van der Waals surface area contributed by atoms with Gasteiger partial charge in [-0.05, 0) is 62.9 Å². The second-order valence-electron chi connectivity index (χ2n) is 13.6. The number of rotatable bonds is 8. The molecule has 4 fully saturated rings. The quantitative estimate of drug-likeness (QED) is 0.274. The largest absolute Gasteiger partial charge is 0.375 e. The number of likely N-dealkylation sites (N-methyl/N-ethyl adjacent to an activating group) is 1. The van der Waals surface area contributed by atoms with Crippen LogP contribution in [0.4, 0.5) is 17.3 Å². The molecule has 49 heavy (non-hydrogen) atoms. The summed E-state index contributed by atoms with van der Waals surface area (Å²) in [5.74, 6) is 8.34. The summed E-state index contributed by atoms with van der Waals surface area (Å²) in [5, 5.41) is 7.06. The van der Waals surface area contributed by atoms with Crippen LogP contribution in [0.15, 0.2) is 61.2 Å². The van der Waals surface area contributed by atoms with Crippen LogP contribution in [0.5, 0.6) is 0 Å². The number of hydrogen-bond donors (Lipinski definition) is 1. The molecule has 6 heterocycles. The van der Waals surface area contributed by atoms with Crippen molar-refractivity contribution in [2.24, 2.45) is 0 Å². The van der Waals surface area contributed by atoms with E-state index in [4.69, 9.17) is 9.72 Å². The zero-order valence-electron chi connectivity index (χ0n) is 27.8. The highest BCUT2D eigenvalue weighted by Crippen LogP contribution is 2.39. The molecule has 1 N–H and O–H groups in total. The van der Waals surface area contributed by atoms with Crippen molar-refractivity contribution in [3.05, 3.63) is 77.9 Å². The Kier molecular flexibility index (Phi) is 8.57. The summed E-state index contributed by atoms with van der Waals surface area (Å²) in [4.78, 5) is 21.0. The second kappa shape index (κ2) is 13.2. The van der Waals surface area contributed by atoms with Gasteiger partial charge in [0.25, 0.3) is 10.0 Å². The summed E-state index contributed by atoms with van der Waals surface area (Å²) >= 11 is 0. The van der Waals surface area contributed by atoms with Gasteiger partial charge >= 0.3 is 0 Å². The Balaban J connectivity index is 1.01. The maximum Gasteiger partial charge on any atom is 0.256 e. The average Bonchev–Trinajstić information content (AvgIpc) is 3.86. The van der Waals surface area contributed by atoms with E-state index in [2.05, 4.69) is 78.2 Å². The molecule has 1 aliphatic carbocycles. The number of piperidine rings is 1. The Hall–Kier alpha value is -4.35. The van der Waals surface area contributed by atoms with Gasteiger partial charge in [-0.2, -0.15) is 9.19 Å². The first-order valence-corrected chi connectivity index (χ1v) is 18.6. The first-order valence-electron chi connectivity index (χ1n) is 17.1. The Bertz CT molecular complexity index is 1980. The summed E-state index contributed by atoms with van der Waals surface area (Å²) in [7, 11) is -1.29. The molecular weight excluding hydrogens is 639 g/mol. The lowest BCUT2D eigenvalue weighted by Gasteiger charge is -2.48. The second-order valence-corrected chi connectivity index (χ2v) is 15.7. The number of benzene rings is 1. The van der Waals surface area contributed by atoms with Crippen molar-refractivity contribution in [3.8, 4) is 23.2 Å². The molecule has 0 unspecified atom stereocenters. The third-order valence-corrected chi connectivity index (χ3v) is 12.1. The average molecular weight is 680 g/mol. The van der Waals surface area contributed by atoms with Gasteiger partial charge in [-0.15, -0.1) is 0 Å². The van der Waals surface area contributed by atoms with Crippen LogP contribution < -0.4 is 10.2 Å². The van der Waals surface area contributed by atoms with Gasteiger partial charge in [-0.1, -0.05) is 24.0 Å². The van der Waals surface area contributed by atoms with Gasteiger partial charge in [0, 0.05) is 69.8 Å². The smallest absolute Gasteiger partial charge is 0.256 e. The minimum Gasteiger partial charge on any atom is -0.375 e. The molecule has 4 aliphatic rings. The molecule has 0 radical (unpaired) electrons. The fourth-order valence-corrected chi connectivity index (χ4v) is 8.16. The maximum atomic E-state index is 12.6. The molecule has 1 saturated carbocycles. The van der Waals surface area contributed by atoms with Gasteiger partial charge < -0.3 is 19.9 Å². The summed E-state index contributed by atoms with van der Waals surface area (Å²) < 4.78 is 32.3. The number of piperazine rings is 1. The number of ether oxygens (including phenoxy) is 1. The lowest BCUT2D eigenvalue weighted by molar-refractivity contribution is -0.158. The van der Waals surface area contributed by atoms with Gasteiger partial charge in [0.2, 0.25) is 0 Å². The molecule has 8 rings (SSSR count). The normalized spacial score (nSPS) is 19.7. The number of aromatic nitrogens is 5. The summed E-state index contributed by atoms with van der Waals surface area (Å²) in [6.45, 7) is 7.99. The van der Waals surface area contributed by atoms with Gasteiger partial charge in [0.1, 0.15) is 11.6 Å². The lowest BCUT2D eigenvalue weighted by atomic mass is 9.84. The van der Waals surface area contributed by atoms with Gasteiger partial charge in [-0.25, -0.2) is 23.4 Å². The third kappa shape index (κ3) is 7.05. The molecule has 0 bridgehead atoms. The van der Waals surface area contributed by atoms with Crippen LogP contribution in [0.3, 0.4) is 0 Å². The van der Waals surface area contributed by atoms with Crippen LogP contribution in [0, 0.1) is 11.8 Å². The fourth-order valence-electron chi connectivity index (χ4n) is 6.69. The predicted octanol–water partition coefficient (Wildman–Crippen LogP) is 3.73. The van der Waals surface area contributed by atoms with Crippen molar-refractivity contribution < 1.29 is 13.2 Å². The Morgan fingerprint density at radius 3 is 2.43 bits per heavy atom. The van der Waals surface area contributed by atoms with E-state index in [0.717, 1.165) is 92.6 Å². The first kappa shape index (κ1) is 31.9. The predicted molar refractivity (Wildman–Crippen MR) is 188 cm³/mol. The molecule has 1 aromatic carbocycles. The van der Waals surface area contributed by atoms with E-state index >= 15 is 0 Å². The summed E-state index contributed by atoms with van der Waals surface area (Å²) in [6.07, 6.45) is 10.9. The van der Waals surface area contributed by atoms with Crippen molar-refractivity contribution >= 4 is 27.3 Å². The molecule has 254 valence electrons. The summed E-state index contributed by atoms with van der Waals surface area (Å²) in [5.41, 5.74) is 4.72. The fraction of sp³-hybridized carbons (Fsp3) is 0.444. The zero-order chi connectivity index (χ0) is 33.4. The maximum absolute atomic E-state index is 12.6. The molecule has 0 amide bonds. The van der Waals surface area contributed by atoms with E-state index in [1.54, 1.807) is 12.3 Å². The van der Waals surface area contributed by atoms with E-state index in [1.807, 2.05) is 12.3 Å².